The van der Waals surface area contributed by atoms with Crippen LogP contribution in [0.3, 0.4) is 0 Å². The lowest BCUT2D eigenvalue weighted by Gasteiger charge is -2.20. The van der Waals surface area contributed by atoms with Crippen molar-refractivity contribution in [1.29, 1.82) is 0 Å². The molecule has 0 amide bonds. The normalized spacial score (nSPS) is 13.9. The van der Waals surface area contributed by atoms with Crippen LogP contribution in [0, 0.1) is 0 Å². The van der Waals surface area contributed by atoms with Crippen molar-refractivity contribution in [2.75, 3.05) is 20.4 Å². The number of benzene rings is 2. The zero-order valence-corrected chi connectivity index (χ0v) is 13.1. The zero-order chi connectivity index (χ0) is 15.4. The van der Waals surface area contributed by atoms with Gasteiger partial charge in [-0.3, -0.25) is 0 Å². The lowest BCUT2D eigenvalue weighted by Crippen LogP contribution is -2.16. The smallest absolute Gasteiger partial charge is 0.231 e. The van der Waals surface area contributed by atoms with Crippen LogP contribution in [0.2, 0.25) is 5.02 Å². The predicted octanol–water partition coefficient (Wildman–Crippen LogP) is 3.80. The van der Waals surface area contributed by atoms with E-state index in [2.05, 4.69) is 5.32 Å². The average Bonchev–Trinajstić information content (AvgIpc) is 3.00. The number of hydrogen-bond acceptors (Lipinski definition) is 4. The Bertz CT molecular complexity index is 648. The number of rotatable bonds is 6. The summed E-state index contributed by atoms with van der Waals surface area (Å²) in [6.45, 7) is 1.07. The Morgan fingerprint density at radius 1 is 1.23 bits per heavy atom. The summed E-state index contributed by atoms with van der Waals surface area (Å²) in [6.07, 6.45) is 0.711. The molecule has 0 bridgehead atoms. The SMILES string of the molecule is CNCCC(Oc1cccc2c1OCO2)c1cccc(Cl)c1. The number of para-hydroxylation sites is 1. The molecule has 0 radical (unpaired) electrons. The highest BCUT2D eigenvalue weighted by atomic mass is 35.5. The fourth-order valence-corrected chi connectivity index (χ4v) is 2.62. The molecule has 1 heterocycles. The van der Waals surface area contributed by atoms with Crippen molar-refractivity contribution in [2.45, 2.75) is 12.5 Å². The molecular weight excluding hydrogens is 302 g/mol. The second-order valence-electron chi connectivity index (χ2n) is 5.04. The van der Waals surface area contributed by atoms with Gasteiger partial charge in [0.2, 0.25) is 12.5 Å². The third-order valence-corrected chi connectivity index (χ3v) is 3.74. The standard InChI is InChI=1S/C17H18ClNO3/c1-19-9-8-14(12-4-2-5-13(18)10-12)22-16-7-3-6-15-17(16)21-11-20-15/h2-7,10,14,19H,8-9,11H2,1H3. The van der Waals surface area contributed by atoms with Gasteiger partial charge < -0.3 is 19.5 Å². The van der Waals surface area contributed by atoms with Gasteiger partial charge in [0.15, 0.2) is 11.5 Å². The lowest BCUT2D eigenvalue weighted by molar-refractivity contribution is 0.158. The number of halogens is 1. The summed E-state index contributed by atoms with van der Waals surface area (Å²) >= 11 is 6.10. The van der Waals surface area contributed by atoms with Crippen LogP contribution >= 0.6 is 11.6 Å². The monoisotopic (exact) mass is 319 g/mol. The van der Waals surface area contributed by atoms with E-state index >= 15 is 0 Å². The molecule has 0 fully saturated rings. The summed E-state index contributed by atoms with van der Waals surface area (Å²) in [5.41, 5.74) is 1.04. The van der Waals surface area contributed by atoms with Gasteiger partial charge in [0.25, 0.3) is 0 Å². The van der Waals surface area contributed by atoms with E-state index in [-0.39, 0.29) is 12.9 Å². The largest absolute Gasteiger partial charge is 0.482 e. The first-order chi connectivity index (χ1) is 10.8. The van der Waals surface area contributed by atoms with Crippen molar-refractivity contribution in [3.05, 3.63) is 53.1 Å². The molecule has 22 heavy (non-hydrogen) atoms. The number of hydrogen-bond donors (Lipinski definition) is 1. The van der Waals surface area contributed by atoms with E-state index in [0.717, 1.165) is 24.3 Å². The summed E-state index contributed by atoms with van der Waals surface area (Å²) < 4.78 is 17.1. The van der Waals surface area contributed by atoms with Gasteiger partial charge in [-0.05, 0) is 43.4 Å². The Balaban J connectivity index is 1.86. The van der Waals surface area contributed by atoms with Crippen molar-refractivity contribution in [2.24, 2.45) is 0 Å². The molecule has 5 heteroatoms. The highest BCUT2D eigenvalue weighted by Gasteiger charge is 2.22. The molecule has 0 spiro atoms. The molecule has 0 aliphatic carbocycles. The molecule has 0 saturated carbocycles. The third kappa shape index (κ3) is 3.29. The maximum atomic E-state index is 6.20. The Kier molecular flexibility index (Phi) is 4.71. The van der Waals surface area contributed by atoms with E-state index in [1.807, 2.05) is 49.5 Å². The molecule has 3 rings (SSSR count). The molecule has 0 saturated heterocycles. The second-order valence-corrected chi connectivity index (χ2v) is 5.48. The fraction of sp³-hybridized carbons (Fsp3) is 0.294. The highest BCUT2D eigenvalue weighted by molar-refractivity contribution is 6.30. The molecule has 1 N–H and O–H groups in total. The first-order valence-corrected chi connectivity index (χ1v) is 7.61. The second kappa shape index (κ2) is 6.90. The maximum absolute atomic E-state index is 6.20. The Morgan fingerprint density at radius 2 is 2.09 bits per heavy atom. The van der Waals surface area contributed by atoms with E-state index in [9.17, 15) is 0 Å². The Labute approximate surface area is 135 Å². The molecule has 2 aromatic rings. The average molecular weight is 320 g/mol. The Hall–Kier alpha value is -1.91. The van der Waals surface area contributed by atoms with Gasteiger partial charge in [-0.1, -0.05) is 29.8 Å². The molecule has 1 aliphatic heterocycles. The van der Waals surface area contributed by atoms with Gasteiger partial charge in [-0.2, -0.15) is 0 Å². The highest BCUT2D eigenvalue weighted by Crippen LogP contribution is 2.42. The summed E-state index contributed by atoms with van der Waals surface area (Å²) in [5.74, 6) is 2.08. The van der Waals surface area contributed by atoms with E-state index < -0.39 is 0 Å². The van der Waals surface area contributed by atoms with Crippen molar-refractivity contribution < 1.29 is 14.2 Å². The number of nitrogens with one attached hydrogen (secondary N) is 1. The third-order valence-electron chi connectivity index (χ3n) is 3.51. The van der Waals surface area contributed by atoms with Crippen LogP contribution in [0.1, 0.15) is 18.1 Å². The van der Waals surface area contributed by atoms with Crippen molar-refractivity contribution >= 4 is 11.6 Å². The Morgan fingerprint density at radius 3 is 2.91 bits per heavy atom. The predicted molar refractivity (Wildman–Crippen MR) is 85.9 cm³/mol. The topological polar surface area (TPSA) is 39.7 Å². The maximum Gasteiger partial charge on any atom is 0.231 e. The van der Waals surface area contributed by atoms with Gasteiger partial charge in [-0.25, -0.2) is 0 Å². The first kappa shape index (κ1) is 15.0. The quantitative estimate of drug-likeness (QED) is 0.879. The van der Waals surface area contributed by atoms with E-state index in [1.54, 1.807) is 0 Å². The van der Waals surface area contributed by atoms with Gasteiger partial charge in [0.05, 0.1) is 0 Å². The van der Waals surface area contributed by atoms with Crippen molar-refractivity contribution in [3.63, 3.8) is 0 Å². The van der Waals surface area contributed by atoms with Gasteiger partial charge in [0, 0.05) is 11.4 Å². The zero-order valence-electron chi connectivity index (χ0n) is 12.3. The minimum absolute atomic E-state index is 0.109. The molecular formula is C17H18ClNO3. The summed E-state index contributed by atoms with van der Waals surface area (Å²) in [4.78, 5) is 0. The van der Waals surface area contributed by atoms with Crippen LogP contribution in [0.25, 0.3) is 0 Å². The van der Waals surface area contributed by atoms with Crippen molar-refractivity contribution in [1.82, 2.24) is 5.32 Å². The van der Waals surface area contributed by atoms with Crippen LogP contribution in [0.15, 0.2) is 42.5 Å². The molecule has 0 aromatic heterocycles. The first-order valence-electron chi connectivity index (χ1n) is 7.23. The summed E-state index contributed by atoms with van der Waals surface area (Å²) in [6, 6.07) is 13.4. The lowest BCUT2D eigenvalue weighted by atomic mass is 10.1. The van der Waals surface area contributed by atoms with Crippen LogP contribution in [0.5, 0.6) is 17.2 Å². The van der Waals surface area contributed by atoms with Crippen LogP contribution < -0.4 is 19.5 Å². The minimum Gasteiger partial charge on any atom is -0.482 e. The van der Waals surface area contributed by atoms with Crippen LogP contribution in [0.4, 0.5) is 0 Å². The molecule has 1 atom stereocenters. The number of fused-ring (bicyclic) bond motifs is 1. The van der Waals surface area contributed by atoms with E-state index in [0.29, 0.717) is 16.5 Å². The molecule has 4 nitrogen and oxygen atoms in total. The fourth-order valence-electron chi connectivity index (χ4n) is 2.43. The van der Waals surface area contributed by atoms with E-state index in [4.69, 9.17) is 25.8 Å². The van der Waals surface area contributed by atoms with Crippen LogP contribution in [-0.4, -0.2) is 20.4 Å². The van der Waals surface area contributed by atoms with Gasteiger partial charge in [-0.15, -0.1) is 0 Å². The van der Waals surface area contributed by atoms with Crippen molar-refractivity contribution in [3.8, 4) is 17.2 Å². The molecule has 1 unspecified atom stereocenters. The van der Waals surface area contributed by atoms with Crippen LogP contribution in [-0.2, 0) is 0 Å². The summed E-state index contributed by atoms with van der Waals surface area (Å²) in [5, 5.41) is 3.85. The van der Waals surface area contributed by atoms with Gasteiger partial charge in [0.1, 0.15) is 6.10 Å². The molecule has 116 valence electrons. The van der Waals surface area contributed by atoms with Gasteiger partial charge >= 0.3 is 0 Å². The van der Waals surface area contributed by atoms with E-state index in [1.165, 1.54) is 0 Å². The minimum atomic E-state index is -0.109. The molecule has 1 aliphatic rings. The summed E-state index contributed by atoms with van der Waals surface area (Å²) in [7, 11) is 1.92. The molecule has 2 aromatic carbocycles. The number of ether oxygens (including phenoxy) is 3.